The first-order chi connectivity index (χ1) is 8.97. The van der Waals surface area contributed by atoms with E-state index in [-0.39, 0.29) is 17.4 Å². The molecule has 1 saturated carbocycles. The Kier molecular flexibility index (Phi) is 4.32. The third-order valence-corrected chi connectivity index (χ3v) is 3.88. The van der Waals surface area contributed by atoms with Gasteiger partial charge in [0, 0.05) is 11.5 Å². The van der Waals surface area contributed by atoms with E-state index in [9.17, 15) is 5.11 Å². The molecular formula is C18H24O. The van der Waals surface area contributed by atoms with Crippen LogP contribution in [-0.4, -0.2) is 11.2 Å². The van der Waals surface area contributed by atoms with Crippen molar-refractivity contribution in [1.82, 2.24) is 0 Å². The molecule has 1 aromatic carbocycles. The van der Waals surface area contributed by atoms with Crippen molar-refractivity contribution in [2.75, 3.05) is 0 Å². The Morgan fingerprint density at radius 1 is 1.05 bits per heavy atom. The van der Waals surface area contributed by atoms with Gasteiger partial charge in [-0.25, -0.2) is 0 Å². The van der Waals surface area contributed by atoms with E-state index < -0.39 is 0 Å². The maximum Gasteiger partial charge on any atom is 0.0677 e. The van der Waals surface area contributed by atoms with E-state index in [4.69, 9.17) is 0 Å². The maximum absolute atomic E-state index is 9.90. The summed E-state index contributed by atoms with van der Waals surface area (Å²) in [5.74, 6) is 6.62. The Hall–Kier alpha value is -1.26. The first-order valence-electron chi connectivity index (χ1n) is 7.27. The molecule has 0 heterocycles. The molecule has 1 N–H and O–H groups in total. The highest BCUT2D eigenvalue weighted by Gasteiger charge is 2.20. The van der Waals surface area contributed by atoms with Gasteiger partial charge in [-0.2, -0.15) is 0 Å². The van der Waals surface area contributed by atoms with Gasteiger partial charge in [-0.3, -0.25) is 0 Å². The fourth-order valence-corrected chi connectivity index (χ4v) is 2.51. The van der Waals surface area contributed by atoms with Crippen molar-refractivity contribution in [2.45, 2.75) is 58.0 Å². The van der Waals surface area contributed by atoms with E-state index in [1.54, 1.807) is 0 Å². The molecule has 1 aliphatic carbocycles. The number of rotatable bonds is 0. The molecule has 2 atom stereocenters. The summed E-state index contributed by atoms with van der Waals surface area (Å²) >= 11 is 0. The van der Waals surface area contributed by atoms with Crippen LogP contribution in [0.1, 0.15) is 57.6 Å². The van der Waals surface area contributed by atoms with Crippen molar-refractivity contribution in [3.63, 3.8) is 0 Å². The highest BCUT2D eigenvalue weighted by atomic mass is 16.3. The number of aliphatic hydroxyl groups excluding tert-OH is 1. The number of hydrogen-bond acceptors (Lipinski definition) is 1. The van der Waals surface area contributed by atoms with Crippen LogP contribution in [0.15, 0.2) is 24.3 Å². The summed E-state index contributed by atoms with van der Waals surface area (Å²) in [5, 5.41) is 9.90. The monoisotopic (exact) mass is 256 g/mol. The maximum atomic E-state index is 9.90. The lowest BCUT2D eigenvalue weighted by Gasteiger charge is -2.22. The van der Waals surface area contributed by atoms with Gasteiger partial charge in [-0.1, -0.05) is 57.6 Å². The number of aliphatic hydroxyl groups is 1. The molecule has 1 fully saturated rings. The molecule has 2 unspecified atom stereocenters. The average molecular weight is 256 g/mol. The summed E-state index contributed by atoms with van der Waals surface area (Å²) in [6.07, 6.45) is 4.05. The fraction of sp³-hybridized carbons (Fsp3) is 0.556. The number of benzene rings is 1. The third-order valence-electron chi connectivity index (χ3n) is 3.88. The Labute approximate surface area is 117 Å². The topological polar surface area (TPSA) is 20.2 Å². The van der Waals surface area contributed by atoms with Gasteiger partial charge < -0.3 is 5.11 Å². The van der Waals surface area contributed by atoms with Crippen molar-refractivity contribution in [2.24, 2.45) is 5.92 Å². The van der Waals surface area contributed by atoms with E-state index in [1.165, 1.54) is 12.0 Å². The second-order valence-electron chi connectivity index (χ2n) is 6.55. The minimum Gasteiger partial charge on any atom is -0.392 e. The standard InChI is InChI=1S/C18H24O/c1-18(2,3)16-12-9-14(10-13-16)8-11-15-6-4-5-7-17(15)19/h9-10,12-13,15,17,19H,4-7H2,1-3H3. The first kappa shape index (κ1) is 14.2. The lowest BCUT2D eigenvalue weighted by atomic mass is 9.86. The lowest BCUT2D eigenvalue weighted by molar-refractivity contribution is 0.0970. The van der Waals surface area contributed by atoms with Crippen molar-refractivity contribution >= 4 is 0 Å². The third kappa shape index (κ3) is 3.85. The molecule has 0 bridgehead atoms. The van der Waals surface area contributed by atoms with Gasteiger partial charge in [-0.05, 0) is 36.0 Å². The Morgan fingerprint density at radius 2 is 1.68 bits per heavy atom. The van der Waals surface area contributed by atoms with Gasteiger partial charge in [0.15, 0.2) is 0 Å². The Bertz CT molecular complexity index is 467. The average Bonchev–Trinajstić information content (AvgIpc) is 2.37. The molecule has 0 radical (unpaired) electrons. The van der Waals surface area contributed by atoms with Crippen LogP contribution in [0.5, 0.6) is 0 Å². The summed E-state index contributed by atoms with van der Waals surface area (Å²) in [4.78, 5) is 0. The molecular weight excluding hydrogens is 232 g/mol. The molecule has 0 saturated heterocycles. The second kappa shape index (κ2) is 5.80. The van der Waals surface area contributed by atoms with Crippen LogP contribution >= 0.6 is 0 Å². The first-order valence-corrected chi connectivity index (χ1v) is 7.27. The minimum absolute atomic E-state index is 0.163. The lowest BCUT2D eigenvalue weighted by Crippen LogP contribution is -2.22. The zero-order chi connectivity index (χ0) is 13.9. The van der Waals surface area contributed by atoms with Gasteiger partial charge in [-0.15, -0.1) is 0 Å². The van der Waals surface area contributed by atoms with Crippen LogP contribution in [0.25, 0.3) is 0 Å². The van der Waals surface area contributed by atoms with Crippen molar-refractivity contribution in [3.05, 3.63) is 35.4 Å². The highest BCUT2D eigenvalue weighted by Crippen LogP contribution is 2.24. The second-order valence-corrected chi connectivity index (χ2v) is 6.55. The van der Waals surface area contributed by atoms with Crippen molar-refractivity contribution < 1.29 is 5.11 Å². The smallest absolute Gasteiger partial charge is 0.0677 e. The molecule has 102 valence electrons. The largest absolute Gasteiger partial charge is 0.392 e. The van der Waals surface area contributed by atoms with E-state index in [1.807, 2.05) is 0 Å². The summed E-state index contributed by atoms with van der Waals surface area (Å²) in [7, 11) is 0. The van der Waals surface area contributed by atoms with E-state index >= 15 is 0 Å². The van der Waals surface area contributed by atoms with E-state index in [0.717, 1.165) is 24.8 Å². The SMILES string of the molecule is CC(C)(C)c1ccc(C#CC2CCCCC2O)cc1. The normalized spacial score (nSPS) is 23.6. The fourth-order valence-electron chi connectivity index (χ4n) is 2.51. The van der Waals surface area contributed by atoms with E-state index in [0.29, 0.717) is 0 Å². The zero-order valence-corrected chi connectivity index (χ0v) is 12.2. The molecule has 1 aromatic rings. The van der Waals surface area contributed by atoms with Crippen LogP contribution < -0.4 is 0 Å². The van der Waals surface area contributed by atoms with E-state index in [2.05, 4.69) is 56.9 Å². The molecule has 0 aromatic heterocycles. The van der Waals surface area contributed by atoms with Gasteiger partial charge in [0.25, 0.3) is 0 Å². The Morgan fingerprint density at radius 3 is 2.26 bits per heavy atom. The highest BCUT2D eigenvalue weighted by molar-refractivity contribution is 5.38. The molecule has 2 rings (SSSR count). The van der Waals surface area contributed by atoms with Gasteiger partial charge in [0.1, 0.15) is 0 Å². The van der Waals surface area contributed by atoms with Crippen LogP contribution in [0.4, 0.5) is 0 Å². The zero-order valence-electron chi connectivity index (χ0n) is 12.2. The predicted octanol–water partition coefficient (Wildman–Crippen LogP) is 3.89. The summed E-state index contributed by atoms with van der Waals surface area (Å²) < 4.78 is 0. The molecule has 1 aliphatic rings. The summed E-state index contributed by atoms with van der Waals surface area (Å²) in [5.41, 5.74) is 2.56. The minimum atomic E-state index is -0.227. The molecule has 1 nitrogen and oxygen atoms in total. The van der Waals surface area contributed by atoms with Gasteiger partial charge in [0.2, 0.25) is 0 Å². The molecule has 1 heteroatoms. The molecule has 19 heavy (non-hydrogen) atoms. The van der Waals surface area contributed by atoms with Gasteiger partial charge in [0.05, 0.1) is 6.10 Å². The molecule has 0 aliphatic heterocycles. The van der Waals surface area contributed by atoms with Crippen molar-refractivity contribution in [1.29, 1.82) is 0 Å². The summed E-state index contributed by atoms with van der Waals surface area (Å²) in [6.45, 7) is 6.64. The van der Waals surface area contributed by atoms with Gasteiger partial charge >= 0.3 is 0 Å². The molecule has 0 spiro atoms. The predicted molar refractivity (Wildman–Crippen MR) is 80.0 cm³/mol. The van der Waals surface area contributed by atoms with Crippen LogP contribution in [0.3, 0.4) is 0 Å². The Balaban J connectivity index is 2.08. The number of hydrogen-bond donors (Lipinski definition) is 1. The molecule has 0 amide bonds. The summed E-state index contributed by atoms with van der Waals surface area (Å²) in [6, 6.07) is 8.48. The quantitative estimate of drug-likeness (QED) is 0.698. The van der Waals surface area contributed by atoms with Crippen LogP contribution in [-0.2, 0) is 5.41 Å². The van der Waals surface area contributed by atoms with Crippen LogP contribution in [0, 0.1) is 17.8 Å². The van der Waals surface area contributed by atoms with Crippen molar-refractivity contribution in [3.8, 4) is 11.8 Å². The van der Waals surface area contributed by atoms with Crippen LogP contribution in [0.2, 0.25) is 0 Å².